The molecular weight excluding hydrogens is 272 g/mol. The Hall–Kier alpha value is -2.41. The SMILES string of the molecule is Cc1ccn2c(=O)c(C(=O)NCCN(C)C)c(O)nc2c1. The minimum absolute atomic E-state index is 0.308. The van der Waals surface area contributed by atoms with Crippen LogP contribution in [0.2, 0.25) is 0 Å². The fourth-order valence-corrected chi connectivity index (χ4v) is 1.91. The molecule has 0 fully saturated rings. The maximum absolute atomic E-state index is 12.3. The topological polar surface area (TPSA) is 86.9 Å². The molecule has 0 aliphatic heterocycles. The Bertz CT molecular complexity index is 737. The van der Waals surface area contributed by atoms with E-state index in [1.54, 1.807) is 12.1 Å². The quantitative estimate of drug-likeness (QED) is 0.827. The number of carbonyl (C=O) groups is 1. The number of nitrogens with zero attached hydrogens (tertiary/aromatic N) is 3. The van der Waals surface area contributed by atoms with E-state index < -0.39 is 17.3 Å². The predicted octanol–water partition coefficient (Wildman–Crippen LogP) is -0.0000800. The second-order valence-corrected chi connectivity index (χ2v) is 5.11. The Morgan fingerprint density at radius 3 is 2.86 bits per heavy atom. The second-order valence-electron chi connectivity index (χ2n) is 5.11. The standard InChI is InChI=1S/C14H18N4O3/c1-9-4-6-18-10(8-9)16-13(20)11(14(18)21)12(19)15-5-7-17(2)3/h4,6,8,20H,5,7H2,1-3H3,(H,15,19). The van der Waals surface area contributed by atoms with E-state index in [0.717, 1.165) is 5.56 Å². The van der Waals surface area contributed by atoms with Crippen LogP contribution >= 0.6 is 0 Å². The average Bonchev–Trinajstić information content (AvgIpc) is 2.37. The fourth-order valence-electron chi connectivity index (χ4n) is 1.91. The number of nitrogens with one attached hydrogen (secondary N) is 1. The number of aromatic hydroxyl groups is 1. The summed E-state index contributed by atoms with van der Waals surface area (Å²) in [7, 11) is 3.75. The lowest BCUT2D eigenvalue weighted by molar-refractivity contribution is 0.0946. The predicted molar refractivity (Wildman–Crippen MR) is 78.8 cm³/mol. The Labute approximate surface area is 121 Å². The van der Waals surface area contributed by atoms with Crippen LogP contribution in [0.15, 0.2) is 23.1 Å². The number of carbonyl (C=O) groups excluding carboxylic acids is 1. The zero-order chi connectivity index (χ0) is 15.6. The van der Waals surface area contributed by atoms with Gasteiger partial charge in [0, 0.05) is 19.3 Å². The van der Waals surface area contributed by atoms with Crippen LogP contribution in [0.4, 0.5) is 0 Å². The summed E-state index contributed by atoms with van der Waals surface area (Å²) < 4.78 is 1.24. The molecule has 2 N–H and O–H groups in total. The van der Waals surface area contributed by atoms with E-state index in [1.807, 2.05) is 25.9 Å². The summed E-state index contributed by atoms with van der Waals surface area (Å²) in [4.78, 5) is 30.1. The summed E-state index contributed by atoms with van der Waals surface area (Å²) in [5.74, 6) is -1.17. The van der Waals surface area contributed by atoms with Crippen molar-refractivity contribution in [1.82, 2.24) is 19.6 Å². The summed E-state index contributed by atoms with van der Waals surface area (Å²) in [6.07, 6.45) is 1.54. The highest BCUT2D eigenvalue weighted by Crippen LogP contribution is 2.12. The van der Waals surface area contributed by atoms with Crippen molar-refractivity contribution in [3.63, 3.8) is 0 Å². The van der Waals surface area contributed by atoms with E-state index in [0.29, 0.717) is 18.7 Å². The van der Waals surface area contributed by atoms with Crippen LogP contribution in [0, 0.1) is 6.92 Å². The molecule has 0 aliphatic rings. The number of hydrogen-bond acceptors (Lipinski definition) is 5. The van der Waals surface area contributed by atoms with Crippen LogP contribution in [0.3, 0.4) is 0 Å². The minimum atomic E-state index is -0.623. The molecule has 112 valence electrons. The van der Waals surface area contributed by atoms with Crippen LogP contribution in [-0.4, -0.2) is 52.5 Å². The van der Waals surface area contributed by atoms with Gasteiger partial charge in [0.25, 0.3) is 11.5 Å². The van der Waals surface area contributed by atoms with Gasteiger partial charge < -0.3 is 15.3 Å². The first-order valence-electron chi connectivity index (χ1n) is 6.55. The number of aryl methyl sites for hydroxylation is 1. The summed E-state index contributed by atoms with van der Waals surface area (Å²) in [5.41, 5.74) is 0.293. The fraction of sp³-hybridized carbons (Fsp3) is 0.357. The highest BCUT2D eigenvalue weighted by Gasteiger charge is 2.19. The van der Waals surface area contributed by atoms with Crippen LogP contribution in [-0.2, 0) is 0 Å². The molecule has 0 unspecified atom stereocenters. The lowest BCUT2D eigenvalue weighted by Crippen LogP contribution is -2.35. The number of hydrogen-bond donors (Lipinski definition) is 2. The third kappa shape index (κ3) is 3.19. The first-order chi connectivity index (χ1) is 9.90. The first-order valence-corrected chi connectivity index (χ1v) is 6.55. The number of amides is 1. The van der Waals surface area contributed by atoms with E-state index in [-0.39, 0.29) is 5.56 Å². The van der Waals surface area contributed by atoms with Crippen molar-refractivity contribution >= 4 is 11.6 Å². The third-order valence-corrected chi connectivity index (χ3v) is 3.04. The molecule has 2 aromatic rings. The van der Waals surface area contributed by atoms with Crippen molar-refractivity contribution in [3.05, 3.63) is 39.8 Å². The van der Waals surface area contributed by atoms with Crippen molar-refractivity contribution in [3.8, 4) is 5.88 Å². The maximum Gasteiger partial charge on any atom is 0.274 e. The Morgan fingerprint density at radius 2 is 2.19 bits per heavy atom. The van der Waals surface area contributed by atoms with Crippen molar-refractivity contribution < 1.29 is 9.90 Å². The first kappa shape index (κ1) is 15.0. The van der Waals surface area contributed by atoms with Gasteiger partial charge in [0.2, 0.25) is 5.88 Å². The van der Waals surface area contributed by atoms with Gasteiger partial charge >= 0.3 is 0 Å². The van der Waals surface area contributed by atoms with E-state index in [1.165, 1.54) is 10.6 Å². The highest BCUT2D eigenvalue weighted by molar-refractivity contribution is 5.96. The molecule has 21 heavy (non-hydrogen) atoms. The van der Waals surface area contributed by atoms with Gasteiger partial charge in [0.1, 0.15) is 5.65 Å². The molecule has 0 saturated carbocycles. The van der Waals surface area contributed by atoms with Crippen LogP contribution < -0.4 is 10.9 Å². The van der Waals surface area contributed by atoms with Crippen molar-refractivity contribution in [2.24, 2.45) is 0 Å². The van der Waals surface area contributed by atoms with Gasteiger partial charge in [0.15, 0.2) is 5.56 Å². The molecule has 7 nitrogen and oxygen atoms in total. The average molecular weight is 290 g/mol. The highest BCUT2D eigenvalue weighted by atomic mass is 16.3. The molecule has 1 amide bonds. The van der Waals surface area contributed by atoms with E-state index in [2.05, 4.69) is 10.3 Å². The van der Waals surface area contributed by atoms with Gasteiger partial charge in [-0.25, -0.2) is 0 Å². The van der Waals surface area contributed by atoms with Gasteiger partial charge in [-0.1, -0.05) is 0 Å². The van der Waals surface area contributed by atoms with Crippen molar-refractivity contribution in [2.75, 3.05) is 27.2 Å². The van der Waals surface area contributed by atoms with E-state index in [4.69, 9.17) is 0 Å². The zero-order valence-electron chi connectivity index (χ0n) is 12.3. The minimum Gasteiger partial charge on any atom is -0.493 e. The Morgan fingerprint density at radius 1 is 1.48 bits per heavy atom. The van der Waals surface area contributed by atoms with Gasteiger partial charge in [0.05, 0.1) is 0 Å². The van der Waals surface area contributed by atoms with Gasteiger partial charge in [-0.05, 0) is 38.7 Å². The monoisotopic (exact) mass is 290 g/mol. The molecule has 0 bridgehead atoms. The van der Waals surface area contributed by atoms with E-state index >= 15 is 0 Å². The van der Waals surface area contributed by atoms with E-state index in [9.17, 15) is 14.7 Å². The molecule has 0 aliphatic carbocycles. The van der Waals surface area contributed by atoms with Gasteiger partial charge in [-0.2, -0.15) is 4.98 Å². The molecule has 2 rings (SSSR count). The van der Waals surface area contributed by atoms with Crippen molar-refractivity contribution in [2.45, 2.75) is 6.92 Å². The second kappa shape index (κ2) is 5.92. The smallest absolute Gasteiger partial charge is 0.274 e. The number of rotatable bonds is 4. The molecule has 0 atom stereocenters. The molecule has 2 aromatic heterocycles. The third-order valence-electron chi connectivity index (χ3n) is 3.04. The molecule has 0 aromatic carbocycles. The Kier molecular flexibility index (Phi) is 4.23. The maximum atomic E-state index is 12.3. The number of aromatic nitrogens is 2. The molecule has 0 saturated heterocycles. The molecule has 0 spiro atoms. The summed E-state index contributed by atoms with van der Waals surface area (Å²) in [6, 6.07) is 3.40. The molecule has 2 heterocycles. The normalized spacial score (nSPS) is 11.0. The van der Waals surface area contributed by atoms with Crippen LogP contribution in [0.5, 0.6) is 5.88 Å². The molecule has 7 heteroatoms. The van der Waals surface area contributed by atoms with Crippen LogP contribution in [0.25, 0.3) is 5.65 Å². The zero-order valence-corrected chi connectivity index (χ0v) is 12.3. The number of likely N-dealkylation sites (N-methyl/N-ethyl adjacent to an activating group) is 1. The largest absolute Gasteiger partial charge is 0.493 e. The number of pyridine rings is 1. The molecule has 0 radical (unpaired) electrons. The Balaban J connectivity index is 2.38. The van der Waals surface area contributed by atoms with Gasteiger partial charge in [-0.3, -0.25) is 14.0 Å². The lowest BCUT2D eigenvalue weighted by atomic mass is 10.2. The number of fused-ring (bicyclic) bond motifs is 1. The molecular formula is C14H18N4O3. The summed E-state index contributed by atoms with van der Waals surface area (Å²) in [5, 5.41) is 12.5. The summed E-state index contributed by atoms with van der Waals surface area (Å²) >= 11 is 0. The summed E-state index contributed by atoms with van der Waals surface area (Å²) in [6.45, 7) is 2.86. The van der Waals surface area contributed by atoms with Gasteiger partial charge in [-0.15, -0.1) is 0 Å². The lowest BCUT2D eigenvalue weighted by Gasteiger charge is -2.11. The van der Waals surface area contributed by atoms with Crippen molar-refractivity contribution in [1.29, 1.82) is 0 Å². The van der Waals surface area contributed by atoms with Crippen LogP contribution in [0.1, 0.15) is 15.9 Å².